The van der Waals surface area contributed by atoms with Crippen LogP contribution in [-0.4, -0.2) is 49.6 Å². The van der Waals surface area contributed by atoms with Gasteiger partial charge < -0.3 is 10.2 Å². The molecule has 0 radical (unpaired) electrons. The molecule has 0 heterocycles. The Morgan fingerprint density at radius 3 is 2.30 bits per heavy atom. The summed E-state index contributed by atoms with van der Waals surface area (Å²) in [4.78, 5) is 4.81. The fourth-order valence-corrected chi connectivity index (χ4v) is 2.59. The van der Waals surface area contributed by atoms with Crippen LogP contribution in [0.25, 0.3) is 0 Å². The van der Waals surface area contributed by atoms with Gasteiger partial charge in [-0.3, -0.25) is 4.90 Å². The molecule has 1 N–H and O–H groups in total. The Hall–Kier alpha value is -0.900. The smallest absolute Gasteiger partial charge is 0.0240 e. The molecule has 0 saturated heterocycles. The van der Waals surface area contributed by atoms with Crippen molar-refractivity contribution in [1.82, 2.24) is 15.1 Å². The van der Waals surface area contributed by atoms with E-state index in [-0.39, 0.29) is 0 Å². The van der Waals surface area contributed by atoms with Crippen molar-refractivity contribution in [2.24, 2.45) is 0 Å². The predicted molar refractivity (Wildman–Crippen MR) is 87.9 cm³/mol. The fourth-order valence-electron chi connectivity index (χ4n) is 2.59. The minimum atomic E-state index is 0.571. The van der Waals surface area contributed by atoms with E-state index in [4.69, 9.17) is 0 Å². The molecule has 0 saturated carbocycles. The quantitative estimate of drug-likeness (QED) is 0.748. The molecular formula is C17H31N3. The van der Waals surface area contributed by atoms with E-state index in [2.05, 4.69) is 74.2 Å². The summed E-state index contributed by atoms with van der Waals surface area (Å²) in [5.41, 5.74) is 2.87. The monoisotopic (exact) mass is 277 g/mol. The summed E-state index contributed by atoms with van der Waals surface area (Å²) >= 11 is 0. The van der Waals surface area contributed by atoms with Crippen LogP contribution in [0.5, 0.6) is 0 Å². The molecule has 0 spiro atoms. The Morgan fingerprint density at radius 2 is 1.75 bits per heavy atom. The van der Waals surface area contributed by atoms with Crippen LogP contribution in [0.1, 0.15) is 31.9 Å². The number of nitrogens with one attached hydrogen (secondary N) is 1. The Bertz CT molecular complexity index is 376. The summed E-state index contributed by atoms with van der Waals surface area (Å²) in [7, 11) is 4.28. The van der Waals surface area contributed by atoms with Crippen molar-refractivity contribution >= 4 is 0 Å². The van der Waals surface area contributed by atoms with Crippen LogP contribution < -0.4 is 5.32 Å². The molecule has 1 atom stereocenters. The van der Waals surface area contributed by atoms with Crippen LogP contribution in [-0.2, 0) is 13.1 Å². The maximum absolute atomic E-state index is 3.43. The number of likely N-dealkylation sites (N-methyl/N-ethyl adjacent to an activating group) is 2. The zero-order valence-corrected chi connectivity index (χ0v) is 13.8. The topological polar surface area (TPSA) is 18.5 Å². The average molecular weight is 277 g/mol. The Kier molecular flexibility index (Phi) is 7.82. The molecule has 0 amide bonds. The summed E-state index contributed by atoms with van der Waals surface area (Å²) in [6.45, 7) is 11.9. The van der Waals surface area contributed by atoms with Crippen LogP contribution in [0.4, 0.5) is 0 Å². The lowest BCUT2D eigenvalue weighted by Gasteiger charge is -2.30. The SMILES string of the molecule is CCNCc1ccccc1CN(CC)C(C)CN(C)C. The molecule has 1 unspecified atom stereocenters. The van der Waals surface area contributed by atoms with Gasteiger partial charge in [-0.25, -0.2) is 0 Å². The normalized spacial score (nSPS) is 13.2. The molecule has 3 nitrogen and oxygen atoms in total. The highest BCUT2D eigenvalue weighted by Crippen LogP contribution is 2.14. The Balaban J connectivity index is 2.73. The van der Waals surface area contributed by atoms with E-state index in [1.54, 1.807) is 0 Å². The number of hydrogen-bond acceptors (Lipinski definition) is 3. The maximum Gasteiger partial charge on any atom is 0.0240 e. The van der Waals surface area contributed by atoms with Crippen molar-refractivity contribution in [1.29, 1.82) is 0 Å². The van der Waals surface area contributed by atoms with Gasteiger partial charge in [0.25, 0.3) is 0 Å². The zero-order chi connectivity index (χ0) is 15.0. The van der Waals surface area contributed by atoms with Crippen molar-refractivity contribution < 1.29 is 0 Å². The summed E-state index contributed by atoms with van der Waals surface area (Å²) in [6, 6.07) is 9.35. The van der Waals surface area contributed by atoms with Gasteiger partial charge in [0.15, 0.2) is 0 Å². The first-order chi connectivity index (χ1) is 9.58. The molecule has 0 aliphatic rings. The van der Waals surface area contributed by atoms with E-state index in [1.807, 2.05) is 0 Å². The highest BCUT2D eigenvalue weighted by Gasteiger charge is 2.14. The van der Waals surface area contributed by atoms with Crippen LogP contribution in [0.15, 0.2) is 24.3 Å². The maximum atomic E-state index is 3.43. The third kappa shape index (κ3) is 5.61. The van der Waals surface area contributed by atoms with E-state index >= 15 is 0 Å². The molecule has 0 bridgehead atoms. The number of hydrogen-bond donors (Lipinski definition) is 1. The first-order valence-electron chi connectivity index (χ1n) is 7.74. The fraction of sp³-hybridized carbons (Fsp3) is 0.647. The minimum Gasteiger partial charge on any atom is -0.313 e. The first-order valence-corrected chi connectivity index (χ1v) is 7.74. The molecule has 0 aliphatic heterocycles. The minimum absolute atomic E-state index is 0.571. The molecule has 0 aliphatic carbocycles. The van der Waals surface area contributed by atoms with Crippen molar-refractivity contribution in [2.75, 3.05) is 33.7 Å². The molecule has 1 aromatic carbocycles. The van der Waals surface area contributed by atoms with Gasteiger partial charge in [-0.2, -0.15) is 0 Å². The van der Waals surface area contributed by atoms with Gasteiger partial charge in [-0.05, 0) is 45.2 Å². The van der Waals surface area contributed by atoms with Crippen LogP contribution in [0.3, 0.4) is 0 Å². The second-order valence-corrected chi connectivity index (χ2v) is 5.72. The summed E-state index contributed by atoms with van der Waals surface area (Å²) < 4.78 is 0. The van der Waals surface area contributed by atoms with Crippen molar-refractivity contribution in [3.63, 3.8) is 0 Å². The van der Waals surface area contributed by atoms with E-state index in [0.717, 1.165) is 32.7 Å². The molecule has 20 heavy (non-hydrogen) atoms. The predicted octanol–water partition coefficient (Wildman–Crippen LogP) is 2.57. The molecule has 3 heteroatoms. The Morgan fingerprint density at radius 1 is 1.10 bits per heavy atom. The number of rotatable bonds is 9. The standard InChI is InChI=1S/C17H31N3/c1-6-18-12-16-10-8-9-11-17(16)14-20(7-2)15(3)13-19(4)5/h8-11,15,18H,6-7,12-14H2,1-5H3. The van der Waals surface area contributed by atoms with E-state index in [1.165, 1.54) is 11.1 Å². The second-order valence-electron chi connectivity index (χ2n) is 5.72. The third-order valence-corrected chi connectivity index (χ3v) is 3.72. The Labute approximate surface area is 125 Å². The molecule has 1 aromatic rings. The summed E-state index contributed by atoms with van der Waals surface area (Å²) in [5, 5.41) is 3.43. The van der Waals surface area contributed by atoms with Crippen molar-refractivity contribution in [2.45, 2.75) is 39.9 Å². The number of nitrogens with zero attached hydrogens (tertiary/aromatic N) is 2. The molecule has 0 fully saturated rings. The van der Waals surface area contributed by atoms with Gasteiger partial charge in [0, 0.05) is 25.7 Å². The lowest BCUT2D eigenvalue weighted by atomic mass is 10.1. The third-order valence-electron chi connectivity index (χ3n) is 3.72. The number of benzene rings is 1. The van der Waals surface area contributed by atoms with E-state index in [9.17, 15) is 0 Å². The molecule has 114 valence electrons. The molecule has 0 aromatic heterocycles. The van der Waals surface area contributed by atoms with Gasteiger partial charge in [0.05, 0.1) is 0 Å². The molecule has 1 rings (SSSR count). The highest BCUT2D eigenvalue weighted by molar-refractivity contribution is 5.27. The van der Waals surface area contributed by atoms with Gasteiger partial charge in [-0.1, -0.05) is 38.1 Å². The van der Waals surface area contributed by atoms with Crippen LogP contribution in [0, 0.1) is 0 Å². The van der Waals surface area contributed by atoms with Gasteiger partial charge in [0.1, 0.15) is 0 Å². The lowest BCUT2D eigenvalue weighted by Crippen LogP contribution is -2.39. The van der Waals surface area contributed by atoms with E-state index in [0.29, 0.717) is 6.04 Å². The van der Waals surface area contributed by atoms with Crippen LogP contribution in [0.2, 0.25) is 0 Å². The largest absolute Gasteiger partial charge is 0.313 e. The molecular weight excluding hydrogens is 246 g/mol. The van der Waals surface area contributed by atoms with E-state index < -0.39 is 0 Å². The van der Waals surface area contributed by atoms with Crippen LogP contribution >= 0.6 is 0 Å². The second kappa shape index (κ2) is 9.11. The zero-order valence-electron chi connectivity index (χ0n) is 13.8. The highest BCUT2D eigenvalue weighted by atomic mass is 15.2. The summed E-state index contributed by atoms with van der Waals surface area (Å²) in [5.74, 6) is 0. The van der Waals surface area contributed by atoms with Gasteiger partial charge in [-0.15, -0.1) is 0 Å². The average Bonchev–Trinajstić information content (AvgIpc) is 2.42. The van der Waals surface area contributed by atoms with Gasteiger partial charge >= 0.3 is 0 Å². The first kappa shape index (κ1) is 17.2. The van der Waals surface area contributed by atoms with Crippen molar-refractivity contribution in [3.8, 4) is 0 Å². The summed E-state index contributed by atoms with van der Waals surface area (Å²) in [6.07, 6.45) is 0. The lowest BCUT2D eigenvalue weighted by molar-refractivity contribution is 0.174. The van der Waals surface area contributed by atoms with Crippen molar-refractivity contribution in [3.05, 3.63) is 35.4 Å². The van der Waals surface area contributed by atoms with Gasteiger partial charge in [0.2, 0.25) is 0 Å².